The van der Waals surface area contributed by atoms with Crippen LogP contribution >= 0.6 is 0 Å². The maximum absolute atomic E-state index is 13.3. The highest BCUT2D eigenvalue weighted by Crippen LogP contribution is 2.39. The van der Waals surface area contributed by atoms with Crippen molar-refractivity contribution >= 4 is 0 Å². The molecule has 0 aromatic carbocycles. The lowest BCUT2D eigenvalue weighted by molar-refractivity contribution is -0.0871. The Hall–Kier alpha value is -0.220. The standard InChI is InChI=1S/C14H26F2O2/c1-4-18-13(10(2)3)12(17)8-11-6-5-7-14(15,16)9-11/h10-13,17H,4-9H2,1-3H3. The van der Waals surface area contributed by atoms with Crippen molar-refractivity contribution in [2.75, 3.05) is 6.61 Å². The Morgan fingerprint density at radius 1 is 1.39 bits per heavy atom. The molecule has 0 spiro atoms. The van der Waals surface area contributed by atoms with Crippen molar-refractivity contribution in [3.63, 3.8) is 0 Å². The molecule has 18 heavy (non-hydrogen) atoms. The molecule has 2 nitrogen and oxygen atoms in total. The first-order valence-electron chi connectivity index (χ1n) is 7.03. The molecule has 0 bridgehead atoms. The average Bonchev–Trinajstić information content (AvgIpc) is 2.23. The maximum atomic E-state index is 13.3. The van der Waals surface area contributed by atoms with Crippen LogP contribution in [0.15, 0.2) is 0 Å². The summed E-state index contributed by atoms with van der Waals surface area (Å²) >= 11 is 0. The molecule has 1 saturated carbocycles. The number of hydrogen-bond donors (Lipinski definition) is 1. The van der Waals surface area contributed by atoms with E-state index in [-0.39, 0.29) is 30.8 Å². The van der Waals surface area contributed by atoms with Crippen LogP contribution in [-0.2, 0) is 4.74 Å². The van der Waals surface area contributed by atoms with Crippen LogP contribution in [0.1, 0.15) is 52.9 Å². The summed E-state index contributed by atoms with van der Waals surface area (Å²) in [5, 5.41) is 10.2. The fourth-order valence-corrected chi connectivity index (χ4v) is 2.89. The van der Waals surface area contributed by atoms with Crippen LogP contribution in [0.4, 0.5) is 8.78 Å². The first-order valence-corrected chi connectivity index (χ1v) is 7.03. The fraction of sp³-hybridized carbons (Fsp3) is 1.00. The number of aliphatic hydroxyl groups is 1. The molecule has 0 saturated heterocycles. The van der Waals surface area contributed by atoms with Gasteiger partial charge in [0.1, 0.15) is 0 Å². The van der Waals surface area contributed by atoms with E-state index in [1.165, 1.54) is 0 Å². The minimum absolute atomic E-state index is 0.00133. The van der Waals surface area contributed by atoms with Gasteiger partial charge in [-0.2, -0.15) is 0 Å². The molecular formula is C14H26F2O2. The quantitative estimate of drug-likeness (QED) is 0.794. The summed E-state index contributed by atoms with van der Waals surface area (Å²) in [6.45, 7) is 6.40. The first-order chi connectivity index (χ1) is 8.35. The number of alkyl halides is 2. The van der Waals surface area contributed by atoms with E-state index in [1.807, 2.05) is 20.8 Å². The third kappa shape index (κ3) is 4.81. The van der Waals surface area contributed by atoms with Crippen LogP contribution in [0.25, 0.3) is 0 Å². The Morgan fingerprint density at radius 3 is 2.56 bits per heavy atom. The lowest BCUT2D eigenvalue weighted by Crippen LogP contribution is -2.37. The van der Waals surface area contributed by atoms with E-state index in [0.29, 0.717) is 19.4 Å². The zero-order valence-electron chi connectivity index (χ0n) is 11.7. The summed E-state index contributed by atoms with van der Waals surface area (Å²) < 4.78 is 32.1. The molecule has 1 aliphatic carbocycles. The number of ether oxygens (including phenoxy) is 1. The topological polar surface area (TPSA) is 29.5 Å². The number of aliphatic hydroxyl groups excluding tert-OH is 1. The third-order valence-electron chi connectivity index (χ3n) is 3.71. The van der Waals surface area contributed by atoms with Crippen molar-refractivity contribution in [3.8, 4) is 0 Å². The van der Waals surface area contributed by atoms with Gasteiger partial charge in [0.25, 0.3) is 0 Å². The summed E-state index contributed by atoms with van der Waals surface area (Å²) in [7, 11) is 0. The minimum Gasteiger partial charge on any atom is -0.390 e. The Balaban J connectivity index is 2.49. The molecule has 1 rings (SSSR count). The van der Waals surface area contributed by atoms with E-state index >= 15 is 0 Å². The normalized spacial score (nSPS) is 27.2. The molecule has 4 heteroatoms. The van der Waals surface area contributed by atoms with Gasteiger partial charge in [-0.25, -0.2) is 8.78 Å². The van der Waals surface area contributed by atoms with Crippen molar-refractivity contribution in [2.24, 2.45) is 11.8 Å². The lowest BCUT2D eigenvalue weighted by atomic mass is 9.81. The summed E-state index contributed by atoms with van der Waals surface area (Å²) in [6.07, 6.45) is 0.821. The summed E-state index contributed by atoms with van der Waals surface area (Å²) in [5.41, 5.74) is 0. The molecule has 0 heterocycles. The Labute approximate surface area is 109 Å². The van der Waals surface area contributed by atoms with Crippen LogP contribution in [0.5, 0.6) is 0 Å². The molecule has 0 aromatic rings. The largest absolute Gasteiger partial charge is 0.390 e. The van der Waals surface area contributed by atoms with Crippen molar-refractivity contribution in [3.05, 3.63) is 0 Å². The molecule has 108 valence electrons. The number of rotatable bonds is 6. The molecule has 0 radical (unpaired) electrons. The predicted molar refractivity (Wildman–Crippen MR) is 67.8 cm³/mol. The highest BCUT2D eigenvalue weighted by Gasteiger charge is 2.38. The second kappa shape index (κ2) is 6.80. The lowest BCUT2D eigenvalue weighted by Gasteiger charge is -2.33. The van der Waals surface area contributed by atoms with E-state index in [1.54, 1.807) is 0 Å². The van der Waals surface area contributed by atoms with Gasteiger partial charge < -0.3 is 9.84 Å². The van der Waals surface area contributed by atoms with Gasteiger partial charge >= 0.3 is 0 Å². The van der Waals surface area contributed by atoms with E-state index in [0.717, 1.165) is 6.42 Å². The SMILES string of the molecule is CCOC(C(C)C)C(O)CC1CCCC(F)(F)C1. The van der Waals surface area contributed by atoms with Crippen molar-refractivity contribution in [2.45, 2.75) is 71.0 Å². The first kappa shape index (κ1) is 15.8. The van der Waals surface area contributed by atoms with Gasteiger partial charge in [0.15, 0.2) is 0 Å². The van der Waals surface area contributed by atoms with Gasteiger partial charge in [0.2, 0.25) is 5.92 Å². The van der Waals surface area contributed by atoms with E-state index in [9.17, 15) is 13.9 Å². The third-order valence-corrected chi connectivity index (χ3v) is 3.71. The average molecular weight is 264 g/mol. The zero-order valence-corrected chi connectivity index (χ0v) is 11.7. The highest BCUT2D eigenvalue weighted by atomic mass is 19.3. The number of hydrogen-bond acceptors (Lipinski definition) is 2. The Morgan fingerprint density at radius 2 is 2.06 bits per heavy atom. The highest BCUT2D eigenvalue weighted by molar-refractivity contribution is 4.82. The van der Waals surface area contributed by atoms with Crippen molar-refractivity contribution < 1.29 is 18.6 Å². The van der Waals surface area contributed by atoms with Crippen LogP contribution in [-0.4, -0.2) is 29.8 Å². The molecule has 1 aliphatic rings. The van der Waals surface area contributed by atoms with Gasteiger partial charge in [0.05, 0.1) is 12.2 Å². The van der Waals surface area contributed by atoms with Gasteiger partial charge in [-0.3, -0.25) is 0 Å². The van der Waals surface area contributed by atoms with E-state index < -0.39 is 12.0 Å². The van der Waals surface area contributed by atoms with E-state index in [2.05, 4.69) is 0 Å². The predicted octanol–water partition coefficient (Wildman–Crippen LogP) is 3.62. The molecule has 3 atom stereocenters. The second-order valence-electron chi connectivity index (χ2n) is 5.79. The van der Waals surface area contributed by atoms with Gasteiger partial charge in [-0.05, 0) is 38.0 Å². The molecule has 0 aromatic heterocycles. The van der Waals surface area contributed by atoms with Crippen molar-refractivity contribution in [1.29, 1.82) is 0 Å². The maximum Gasteiger partial charge on any atom is 0.248 e. The molecule has 1 N–H and O–H groups in total. The summed E-state index contributed by atoms with van der Waals surface area (Å²) in [6, 6.07) is 0. The fourth-order valence-electron chi connectivity index (χ4n) is 2.89. The summed E-state index contributed by atoms with van der Waals surface area (Å²) in [5.74, 6) is -2.42. The van der Waals surface area contributed by atoms with E-state index in [4.69, 9.17) is 4.74 Å². The monoisotopic (exact) mass is 264 g/mol. The molecule has 0 aliphatic heterocycles. The minimum atomic E-state index is -2.54. The summed E-state index contributed by atoms with van der Waals surface area (Å²) in [4.78, 5) is 0. The van der Waals surface area contributed by atoms with Gasteiger partial charge in [-0.1, -0.05) is 13.8 Å². The Bertz CT molecular complexity index is 244. The second-order valence-corrected chi connectivity index (χ2v) is 5.79. The molecule has 1 fully saturated rings. The zero-order chi connectivity index (χ0) is 13.8. The van der Waals surface area contributed by atoms with Crippen molar-refractivity contribution in [1.82, 2.24) is 0 Å². The van der Waals surface area contributed by atoms with Crippen LogP contribution < -0.4 is 0 Å². The Kier molecular flexibility index (Phi) is 5.99. The molecule has 0 amide bonds. The molecule has 3 unspecified atom stereocenters. The van der Waals surface area contributed by atoms with Gasteiger partial charge in [0, 0.05) is 19.4 Å². The smallest absolute Gasteiger partial charge is 0.248 e. The van der Waals surface area contributed by atoms with Crippen LogP contribution in [0.3, 0.4) is 0 Å². The van der Waals surface area contributed by atoms with Crippen LogP contribution in [0, 0.1) is 11.8 Å². The molecular weight excluding hydrogens is 238 g/mol. The van der Waals surface area contributed by atoms with Crippen LogP contribution in [0.2, 0.25) is 0 Å². The number of halogens is 2. The van der Waals surface area contributed by atoms with Gasteiger partial charge in [-0.15, -0.1) is 0 Å².